The molecule has 0 atom stereocenters. The zero-order valence-electron chi connectivity index (χ0n) is 11.2. The number of carbonyl (C=O) groups excluding carboxylic acids is 1. The van der Waals surface area contributed by atoms with Crippen molar-refractivity contribution >= 4 is 11.6 Å². The van der Waals surface area contributed by atoms with Gasteiger partial charge < -0.3 is 10.6 Å². The molecule has 2 rings (SSSR count). The van der Waals surface area contributed by atoms with E-state index in [1.165, 1.54) is 6.07 Å². The van der Waals surface area contributed by atoms with Gasteiger partial charge in [-0.3, -0.25) is 4.79 Å². The van der Waals surface area contributed by atoms with Crippen molar-refractivity contribution in [2.75, 3.05) is 11.9 Å². The molecule has 110 valence electrons. The third kappa shape index (κ3) is 3.23. The number of carbonyl (C=O) groups is 1. The highest BCUT2D eigenvalue weighted by atomic mass is 19.4. The zero-order valence-corrected chi connectivity index (χ0v) is 11.2. The van der Waals surface area contributed by atoms with Crippen LogP contribution in [0.1, 0.15) is 42.1 Å². The highest BCUT2D eigenvalue weighted by Gasteiger charge is 2.32. The predicted octanol–water partition coefficient (Wildman–Crippen LogP) is 3.42. The van der Waals surface area contributed by atoms with E-state index >= 15 is 0 Å². The number of nitrogens with one attached hydrogen (secondary N) is 2. The first kappa shape index (κ1) is 14.7. The van der Waals surface area contributed by atoms with E-state index in [9.17, 15) is 18.0 Å². The number of halogens is 3. The van der Waals surface area contributed by atoms with Crippen molar-refractivity contribution in [3.05, 3.63) is 29.3 Å². The lowest BCUT2D eigenvalue weighted by Crippen LogP contribution is -2.39. The minimum absolute atomic E-state index is 0.0496. The Morgan fingerprint density at radius 1 is 1.35 bits per heavy atom. The summed E-state index contributed by atoms with van der Waals surface area (Å²) in [6.45, 7) is 2.36. The lowest BCUT2D eigenvalue weighted by atomic mass is 9.92. The summed E-state index contributed by atoms with van der Waals surface area (Å²) in [4.78, 5) is 12.1. The van der Waals surface area contributed by atoms with Gasteiger partial charge in [0.15, 0.2) is 0 Å². The first-order valence-corrected chi connectivity index (χ1v) is 6.67. The van der Waals surface area contributed by atoms with Gasteiger partial charge >= 0.3 is 6.18 Å². The number of hydrogen-bond donors (Lipinski definition) is 2. The van der Waals surface area contributed by atoms with Crippen LogP contribution in [0.2, 0.25) is 0 Å². The molecular weight excluding hydrogens is 269 g/mol. The minimum atomic E-state index is -4.45. The summed E-state index contributed by atoms with van der Waals surface area (Å²) < 4.78 is 38.2. The number of rotatable bonds is 4. The molecular formula is C14H17F3N2O. The molecule has 20 heavy (non-hydrogen) atoms. The molecule has 0 aromatic heterocycles. The Morgan fingerprint density at radius 2 is 2.05 bits per heavy atom. The molecule has 2 N–H and O–H groups in total. The van der Waals surface area contributed by atoms with E-state index in [-0.39, 0.29) is 11.6 Å². The van der Waals surface area contributed by atoms with Crippen LogP contribution in [-0.4, -0.2) is 18.5 Å². The molecule has 3 nitrogen and oxygen atoms in total. The minimum Gasteiger partial charge on any atom is -0.385 e. The smallest absolute Gasteiger partial charge is 0.385 e. The second-order valence-electron chi connectivity index (χ2n) is 4.89. The summed E-state index contributed by atoms with van der Waals surface area (Å²) >= 11 is 0. The van der Waals surface area contributed by atoms with Gasteiger partial charge in [0.1, 0.15) is 0 Å². The number of amides is 1. The molecule has 1 aromatic carbocycles. The Morgan fingerprint density at radius 3 is 2.55 bits per heavy atom. The van der Waals surface area contributed by atoms with Crippen LogP contribution in [0.4, 0.5) is 18.9 Å². The monoisotopic (exact) mass is 286 g/mol. The van der Waals surface area contributed by atoms with Gasteiger partial charge in [-0.1, -0.05) is 0 Å². The van der Waals surface area contributed by atoms with Crippen LogP contribution in [0.15, 0.2) is 18.2 Å². The number of alkyl halides is 3. The summed E-state index contributed by atoms with van der Waals surface area (Å²) in [5.41, 5.74) is -0.330. The molecule has 1 saturated carbocycles. The second-order valence-corrected chi connectivity index (χ2v) is 4.89. The van der Waals surface area contributed by atoms with Crippen LogP contribution in [0.5, 0.6) is 0 Å². The summed E-state index contributed by atoms with van der Waals surface area (Å²) in [5, 5.41) is 5.68. The van der Waals surface area contributed by atoms with Crippen LogP contribution >= 0.6 is 0 Å². The first-order chi connectivity index (χ1) is 9.41. The SMILES string of the molecule is CCNc1ccc(C(F)(F)F)cc1C(=O)NC1CCC1. The first-order valence-electron chi connectivity index (χ1n) is 6.67. The Balaban J connectivity index is 2.27. The Labute approximate surface area is 115 Å². The third-order valence-electron chi connectivity index (χ3n) is 3.40. The van der Waals surface area contributed by atoms with Gasteiger partial charge in [-0.05, 0) is 44.4 Å². The van der Waals surface area contributed by atoms with Crippen molar-refractivity contribution in [3.8, 4) is 0 Å². The third-order valence-corrected chi connectivity index (χ3v) is 3.40. The lowest BCUT2D eigenvalue weighted by molar-refractivity contribution is -0.137. The summed E-state index contributed by atoms with van der Waals surface area (Å²) in [5.74, 6) is -0.447. The van der Waals surface area contributed by atoms with E-state index in [0.717, 1.165) is 31.4 Å². The largest absolute Gasteiger partial charge is 0.416 e. The highest BCUT2D eigenvalue weighted by Crippen LogP contribution is 2.32. The molecule has 0 unspecified atom stereocenters. The van der Waals surface area contributed by atoms with Crippen LogP contribution in [0.25, 0.3) is 0 Å². The van der Waals surface area contributed by atoms with Crippen molar-refractivity contribution in [1.82, 2.24) is 5.32 Å². The van der Waals surface area contributed by atoms with Gasteiger partial charge in [-0.25, -0.2) is 0 Å². The topological polar surface area (TPSA) is 41.1 Å². The fourth-order valence-electron chi connectivity index (χ4n) is 2.07. The van der Waals surface area contributed by atoms with E-state index < -0.39 is 17.6 Å². The summed E-state index contributed by atoms with van der Waals surface area (Å²) in [6.07, 6.45) is -1.62. The van der Waals surface area contributed by atoms with E-state index in [4.69, 9.17) is 0 Å². The van der Waals surface area contributed by atoms with Crippen molar-refractivity contribution in [3.63, 3.8) is 0 Å². The second kappa shape index (κ2) is 5.73. The van der Waals surface area contributed by atoms with Crippen LogP contribution < -0.4 is 10.6 Å². The average molecular weight is 286 g/mol. The maximum Gasteiger partial charge on any atom is 0.416 e. The molecule has 0 spiro atoms. The molecule has 0 aliphatic heterocycles. The highest BCUT2D eigenvalue weighted by molar-refractivity contribution is 6.00. The fraction of sp³-hybridized carbons (Fsp3) is 0.500. The number of benzene rings is 1. The van der Waals surface area contributed by atoms with Gasteiger partial charge in [-0.15, -0.1) is 0 Å². The summed E-state index contributed by atoms with van der Waals surface area (Å²) in [7, 11) is 0. The van der Waals surface area contributed by atoms with Gasteiger partial charge in [0, 0.05) is 18.3 Å². The molecule has 6 heteroatoms. The van der Waals surface area contributed by atoms with Crippen molar-refractivity contribution < 1.29 is 18.0 Å². The molecule has 0 bridgehead atoms. The summed E-state index contributed by atoms with van der Waals surface area (Å²) in [6, 6.07) is 3.29. The van der Waals surface area contributed by atoms with E-state index in [1.807, 2.05) is 6.92 Å². The van der Waals surface area contributed by atoms with Gasteiger partial charge in [0.25, 0.3) is 5.91 Å². The molecule has 1 fully saturated rings. The molecule has 1 aliphatic rings. The maximum atomic E-state index is 12.7. The number of hydrogen-bond acceptors (Lipinski definition) is 2. The number of anilines is 1. The molecule has 1 amide bonds. The molecule has 0 radical (unpaired) electrons. The molecule has 1 aliphatic carbocycles. The Bertz CT molecular complexity index is 496. The van der Waals surface area contributed by atoms with Crippen molar-refractivity contribution in [2.24, 2.45) is 0 Å². The zero-order chi connectivity index (χ0) is 14.8. The Hall–Kier alpha value is -1.72. The average Bonchev–Trinajstić information content (AvgIpc) is 2.33. The molecule has 0 heterocycles. The van der Waals surface area contributed by atoms with Gasteiger partial charge in [-0.2, -0.15) is 13.2 Å². The molecule has 0 saturated heterocycles. The normalized spacial score (nSPS) is 15.6. The van der Waals surface area contributed by atoms with Crippen molar-refractivity contribution in [1.29, 1.82) is 0 Å². The van der Waals surface area contributed by atoms with E-state index in [1.54, 1.807) is 0 Å². The molecule has 1 aromatic rings. The maximum absolute atomic E-state index is 12.7. The standard InChI is InChI=1S/C14H17F3N2O/c1-2-18-12-7-6-9(14(15,16)17)8-11(12)13(20)19-10-4-3-5-10/h6-8,10,18H,2-5H2,1H3,(H,19,20). The fourth-order valence-corrected chi connectivity index (χ4v) is 2.07. The van der Waals surface area contributed by atoms with E-state index in [0.29, 0.717) is 12.2 Å². The van der Waals surface area contributed by atoms with Gasteiger partial charge in [0.2, 0.25) is 0 Å². The van der Waals surface area contributed by atoms with Crippen LogP contribution in [0, 0.1) is 0 Å². The predicted molar refractivity (Wildman–Crippen MR) is 70.7 cm³/mol. The van der Waals surface area contributed by atoms with E-state index in [2.05, 4.69) is 10.6 Å². The van der Waals surface area contributed by atoms with Crippen molar-refractivity contribution in [2.45, 2.75) is 38.4 Å². The quantitative estimate of drug-likeness (QED) is 0.890. The Kier molecular flexibility index (Phi) is 4.20. The lowest BCUT2D eigenvalue weighted by Gasteiger charge is -2.27. The van der Waals surface area contributed by atoms with Crippen LogP contribution in [-0.2, 0) is 6.18 Å². The van der Waals surface area contributed by atoms with Crippen LogP contribution in [0.3, 0.4) is 0 Å². The van der Waals surface area contributed by atoms with Gasteiger partial charge in [0.05, 0.1) is 11.1 Å².